The first-order valence-corrected chi connectivity index (χ1v) is 10.4. The zero-order chi connectivity index (χ0) is 30.3. The number of nitrogens with two attached hydrogens (primary N) is 2. The molecule has 1 rings (SSSR count). The number of guanidine groups is 1. The van der Waals surface area contributed by atoms with Gasteiger partial charge in [-0.25, -0.2) is 4.99 Å². The molecule has 0 saturated heterocycles. The summed E-state index contributed by atoms with van der Waals surface area (Å²) >= 11 is 0. The van der Waals surface area contributed by atoms with Gasteiger partial charge in [0.2, 0.25) is 0 Å². The average molecular weight is 676 g/mol. The van der Waals surface area contributed by atoms with Crippen molar-refractivity contribution in [1.29, 1.82) is 0 Å². The summed E-state index contributed by atoms with van der Waals surface area (Å²) in [6, 6.07) is 6.77. The van der Waals surface area contributed by atoms with Crippen molar-refractivity contribution in [3.8, 4) is 0 Å². The van der Waals surface area contributed by atoms with Crippen molar-refractivity contribution in [3.63, 3.8) is 0 Å². The monoisotopic (exact) mass is 675 g/mol. The summed E-state index contributed by atoms with van der Waals surface area (Å²) < 4.78 is 0. The second-order valence-corrected chi connectivity index (χ2v) is 6.97. The molecule has 0 aliphatic heterocycles. The van der Waals surface area contributed by atoms with Gasteiger partial charge in [-0.1, -0.05) is 55.2 Å². The summed E-state index contributed by atoms with van der Waals surface area (Å²) in [6.07, 6.45) is 0. The van der Waals surface area contributed by atoms with E-state index in [1.165, 1.54) is 41.5 Å². The molecule has 0 fully saturated rings. The Hall–Kier alpha value is -3.77. The van der Waals surface area contributed by atoms with Gasteiger partial charge in [0.15, 0.2) is 5.96 Å². The van der Waals surface area contributed by atoms with Crippen LogP contribution in [0, 0.1) is 0 Å². The number of hydrogen-bond donors (Lipinski definition) is 10. The fourth-order valence-electron chi connectivity index (χ4n) is 1.47. The summed E-state index contributed by atoms with van der Waals surface area (Å²) in [5.74, 6) is 0.0138. The van der Waals surface area contributed by atoms with E-state index < -0.39 is 7.12 Å². The number of nitrogens with zero attached hydrogens (tertiary/aromatic N) is 7. The summed E-state index contributed by atoms with van der Waals surface area (Å²) in [6.45, 7) is 9.56. The Morgan fingerprint density at radius 3 is 1.18 bits per heavy atom. The van der Waals surface area contributed by atoms with Crippen molar-refractivity contribution in [2.24, 2.45) is 47.4 Å². The van der Waals surface area contributed by atoms with Crippen LogP contribution in [0.4, 0.5) is 0 Å². The smallest absolute Gasteiger partial charge is 0.488 e. The van der Waals surface area contributed by atoms with Crippen LogP contribution < -0.4 is 29.3 Å². The third-order valence-electron chi connectivity index (χ3n) is 4.16. The number of oxime groups is 6. The fraction of sp³-hybridized carbons (Fsp3) is 0.350. The van der Waals surface area contributed by atoms with E-state index in [1.54, 1.807) is 24.3 Å². The van der Waals surface area contributed by atoms with Gasteiger partial charge < -0.3 is 65.2 Å². The molecular weight excluding hydrogens is 639 g/mol. The first kappa shape index (κ1) is 46.1. The molecule has 227 valence electrons. The van der Waals surface area contributed by atoms with Crippen molar-refractivity contribution >= 4 is 52.8 Å². The Labute approximate surface area is 251 Å². The second kappa shape index (κ2) is 28.2. The maximum absolute atomic E-state index is 8.90. The van der Waals surface area contributed by atoms with E-state index in [0.29, 0.717) is 46.3 Å². The molecule has 1 aromatic carbocycles. The van der Waals surface area contributed by atoms with Crippen LogP contribution in [-0.2, 0) is 26.7 Å². The average Bonchev–Trinajstić information content (AvgIpc) is 2.94. The van der Waals surface area contributed by atoms with Gasteiger partial charge in [0.25, 0.3) is 0 Å². The molecule has 0 saturated carbocycles. The maximum Gasteiger partial charge on any atom is 0.488 e. The molecule has 1 radical (unpaired) electrons. The van der Waals surface area contributed by atoms with Gasteiger partial charge in [-0.05, 0) is 52.6 Å². The molecule has 0 bridgehead atoms. The molecule has 0 aliphatic carbocycles. The van der Waals surface area contributed by atoms with Gasteiger partial charge in [-0.15, -0.1) is 0 Å². The second-order valence-electron chi connectivity index (χ2n) is 6.97. The number of rotatable bonds is 6. The quantitative estimate of drug-likeness (QED) is 0.0486. The maximum atomic E-state index is 8.90. The minimum Gasteiger partial charge on any atom is -1.00 e. The molecule has 0 unspecified atom stereocenters. The number of benzene rings is 1. The standard InChI is InChI=1S/C8H12BN3O2.3C4H8N2O2.ClH.Tc/c10-8(11)12-5-6-2-1-3-7(4-6)9(13)14;3*1-3(5-7)4(2)6-8;;/h1-4,13-14H,5H2,(H4,10,11,12);3*7-8H,1-2H3;1H;/p-1/b;3*5-3+,6-4+;;/i;;;;;1+1. The van der Waals surface area contributed by atoms with E-state index in [4.69, 9.17) is 52.8 Å². The molecule has 1 aromatic rings. The molecule has 0 spiro atoms. The first-order chi connectivity index (χ1) is 17.7. The first-order valence-electron chi connectivity index (χ1n) is 10.4. The van der Waals surface area contributed by atoms with Crippen LogP contribution in [0.25, 0.3) is 0 Å². The number of hydrogen-bond acceptors (Lipinski definition) is 15. The van der Waals surface area contributed by atoms with E-state index in [-0.39, 0.29) is 38.5 Å². The van der Waals surface area contributed by atoms with E-state index in [0.717, 1.165) is 5.56 Å². The Morgan fingerprint density at radius 1 is 0.650 bits per heavy atom. The van der Waals surface area contributed by atoms with Crippen LogP contribution in [0.2, 0.25) is 0 Å². The third-order valence-corrected chi connectivity index (χ3v) is 4.16. The van der Waals surface area contributed by atoms with Crippen molar-refractivity contribution in [3.05, 3.63) is 29.8 Å². The zero-order valence-corrected chi connectivity index (χ0v) is 25.3. The third kappa shape index (κ3) is 24.6. The van der Waals surface area contributed by atoms with Crippen molar-refractivity contribution in [1.82, 2.24) is 0 Å². The van der Waals surface area contributed by atoms with Gasteiger partial charge in [0, 0.05) is 20.1 Å². The van der Waals surface area contributed by atoms with E-state index in [1.807, 2.05) is 0 Å². The molecule has 17 nitrogen and oxygen atoms in total. The SMILES string of the molecule is CC(=N\O)/C(C)=N/O.CC(=N\O)/C(C)=N/O.CC(=N\O)/C(C)=N/O.NC(N)=NCc1cccc(B(O)O)c1.[99Tc].[Cl-]. The van der Waals surface area contributed by atoms with Crippen LogP contribution in [-0.4, -0.2) is 88.6 Å². The molecule has 0 aromatic heterocycles. The van der Waals surface area contributed by atoms with Gasteiger partial charge in [-0.3, -0.25) is 0 Å². The molecule has 0 aliphatic rings. The van der Waals surface area contributed by atoms with Crippen LogP contribution in [0.1, 0.15) is 47.1 Å². The fourth-order valence-corrected chi connectivity index (χ4v) is 1.47. The zero-order valence-electron chi connectivity index (χ0n) is 22.7. The van der Waals surface area contributed by atoms with Crippen LogP contribution in [0.5, 0.6) is 0 Å². The van der Waals surface area contributed by atoms with Gasteiger partial charge in [0.05, 0.1) is 6.54 Å². The molecule has 0 heterocycles. The Bertz CT molecular complexity index is 924. The van der Waals surface area contributed by atoms with E-state index in [2.05, 4.69) is 35.9 Å². The Morgan fingerprint density at radius 2 is 0.950 bits per heavy atom. The van der Waals surface area contributed by atoms with Gasteiger partial charge in [-0.2, -0.15) is 0 Å². The molecule has 0 amide bonds. The Kier molecular flexibility index (Phi) is 32.6. The molecule has 20 heteroatoms. The minimum atomic E-state index is -1.46. The predicted molar refractivity (Wildman–Crippen MR) is 145 cm³/mol. The van der Waals surface area contributed by atoms with Gasteiger partial charge in [0.1, 0.15) is 34.3 Å². The van der Waals surface area contributed by atoms with Crippen molar-refractivity contribution < 1.29 is 73.8 Å². The normalized spacial score (nSPS) is 11.9. The van der Waals surface area contributed by atoms with Crippen molar-refractivity contribution in [2.45, 2.75) is 48.1 Å². The van der Waals surface area contributed by atoms with Crippen LogP contribution in [0.3, 0.4) is 0 Å². The number of halogens is 1. The minimum absolute atomic E-state index is 0. The summed E-state index contributed by atoms with van der Waals surface area (Å²) in [5.41, 5.74) is 13.5. The van der Waals surface area contributed by atoms with Crippen LogP contribution >= 0.6 is 0 Å². The Balaban J connectivity index is -0.000000139. The molecular formula is C20H36BClN9O8Tc-. The van der Waals surface area contributed by atoms with E-state index in [9.17, 15) is 0 Å². The summed E-state index contributed by atoms with van der Waals surface area (Å²) in [7, 11) is -1.46. The molecule has 12 N–H and O–H groups in total. The van der Waals surface area contributed by atoms with Crippen LogP contribution in [0.15, 0.2) is 60.2 Å². The number of aliphatic imine (C=N–C) groups is 1. The predicted octanol–water partition coefficient (Wildman–Crippen LogP) is -2.80. The largest absolute Gasteiger partial charge is 1.00 e. The van der Waals surface area contributed by atoms with Gasteiger partial charge >= 0.3 is 7.12 Å². The molecule has 0 atom stereocenters. The topological polar surface area (TPSA) is 300 Å². The van der Waals surface area contributed by atoms with Crippen molar-refractivity contribution in [2.75, 3.05) is 0 Å². The summed E-state index contributed by atoms with van der Waals surface area (Å²) in [4.78, 5) is 3.80. The summed E-state index contributed by atoms with van der Waals surface area (Å²) in [5, 5.41) is 82.7. The molecule has 40 heavy (non-hydrogen) atoms. The van der Waals surface area contributed by atoms with E-state index >= 15 is 0 Å².